The molecule has 0 radical (unpaired) electrons. The zero-order valence-electron chi connectivity index (χ0n) is 18.2. The van der Waals surface area contributed by atoms with E-state index in [2.05, 4.69) is 41.0 Å². The molecule has 7 rings (SSSR count). The molecule has 2 aliphatic heterocycles. The second-order valence-electron chi connectivity index (χ2n) is 11.5. The summed E-state index contributed by atoms with van der Waals surface area (Å²) in [6.07, 6.45) is 14.3. The van der Waals surface area contributed by atoms with Crippen LogP contribution in [-0.2, 0) is 6.54 Å². The molecule has 2 amide bonds. The first kappa shape index (κ1) is 19.2. The molecule has 6 bridgehead atoms. The van der Waals surface area contributed by atoms with Crippen LogP contribution in [0, 0.1) is 17.8 Å². The highest BCUT2D eigenvalue weighted by Gasteiger charge is 2.52. The van der Waals surface area contributed by atoms with Crippen molar-refractivity contribution in [2.45, 2.75) is 101 Å². The highest BCUT2D eigenvalue weighted by atomic mass is 16.2. The van der Waals surface area contributed by atoms with Crippen LogP contribution in [-0.4, -0.2) is 29.7 Å². The minimum atomic E-state index is 0.119. The summed E-state index contributed by atoms with van der Waals surface area (Å²) in [5, 5.41) is 6.98. The first-order valence-corrected chi connectivity index (χ1v) is 12.6. The quantitative estimate of drug-likeness (QED) is 0.702. The monoisotopic (exact) mass is 408 g/mol. The van der Waals surface area contributed by atoms with E-state index in [9.17, 15) is 4.79 Å². The zero-order valence-corrected chi connectivity index (χ0v) is 18.2. The Morgan fingerprint density at radius 3 is 2.10 bits per heavy atom. The fraction of sp³-hybridized carbons (Fsp3) is 0.731. The van der Waals surface area contributed by atoms with Gasteiger partial charge in [-0.25, -0.2) is 4.79 Å². The summed E-state index contributed by atoms with van der Waals surface area (Å²) in [7, 11) is 0. The molecule has 162 valence electrons. The van der Waals surface area contributed by atoms with Gasteiger partial charge in [0.25, 0.3) is 0 Å². The van der Waals surface area contributed by atoms with Gasteiger partial charge in [0.2, 0.25) is 0 Å². The number of carbonyl (C=O) groups is 1. The average molecular weight is 409 g/mol. The van der Waals surface area contributed by atoms with Crippen molar-refractivity contribution in [2.24, 2.45) is 17.8 Å². The van der Waals surface area contributed by atoms with Crippen LogP contribution in [0.1, 0.15) is 76.2 Å². The lowest BCUT2D eigenvalue weighted by Gasteiger charge is -2.57. The van der Waals surface area contributed by atoms with Crippen LogP contribution in [0.3, 0.4) is 0 Å². The van der Waals surface area contributed by atoms with E-state index in [4.69, 9.17) is 0 Å². The van der Waals surface area contributed by atoms with Crippen molar-refractivity contribution in [3.63, 3.8) is 0 Å². The molecule has 2 unspecified atom stereocenters. The van der Waals surface area contributed by atoms with Gasteiger partial charge in [-0.3, -0.25) is 0 Å². The summed E-state index contributed by atoms with van der Waals surface area (Å²) in [6, 6.07) is 12.8. The van der Waals surface area contributed by atoms with Crippen LogP contribution in [0.2, 0.25) is 0 Å². The van der Waals surface area contributed by atoms with Crippen molar-refractivity contribution in [1.29, 1.82) is 0 Å². The molecule has 6 aliphatic rings. The largest absolute Gasteiger partial charge is 0.335 e. The molecular formula is C26H38N3O+. The molecule has 3 N–H and O–H groups in total. The molecule has 2 heterocycles. The lowest BCUT2D eigenvalue weighted by atomic mass is 9.53. The molecule has 1 aromatic carbocycles. The number of benzene rings is 1. The number of fused-ring (bicyclic) bond motifs is 2. The molecule has 4 nitrogen and oxygen atoms in total. The Kier molecular flexibility index (Phi) is 4.82. The van der Waals surface area contributed by atoms with E-state index in [1.165, 1.54) is 63.4 Å². The molecule has 2 saturated heterocycles. The summed E-state index contributed by atoms with van der Waals surface area (Å²) in [4.78, 5) is 14.8. The smallest absolute Gasteiger partial charge is 0.315 e. The molecular weight excluding hydrogens is 370 g/mol. The van der Waals surface area contributed by atoms with E-state index in [0.717, 1.165) is 37.1 Å². The maximum absolute atomic E-state index is 13.1. The molecule has 4 atom stereocenters. The predicted molar refractivity (Wildman–Crippen MR) is 118 cm³/mol. The van der Waals surface area contributed by atoms with Gasteiger partial charge in [0.1, 0.15) is 6.54 Å². The summed E-state index contributed by atoms with van der Waals surface area (Å²) >= 11 is 0. The van der Waals surface area contributed by atoms with Gasteiger partial charge in [-0.1, -0.05) is 30.3 Å². The first-order valence-electron chi connectivity index (χ1n) is 12.6. The third-order valence-corrected chi connectivity index (χ3v) is 9.30. The van der Waals surface area contributed by atoms with E-state index < -0.39 is 0 Å². The maximum atomic E-state index is 13.1. The van der Waals surface area contributed by atoms with Crippen LogP contribution in [0.5, 0.6) is 0 Å². The zero-order chi connectivity index (χ0) is 20.1. The van der Waals surface area contributed by atoms with Crippen LogP contribution >= 0.6 is 0 Å². The summed E-state index contributed by atoms with van der Waals surface area (Å²) in [5.74, 6) is 2.63. The van der Waals surface area contributed by atoms with Gasteiger partial charge < -0.3 is 15.5 Å². The molecule has 0 spiro atoms. The van der Waals surface area contributed by atoms with Crippen molar-refractivity contribution in [3.05, 3.63) is 35.9 Å². The standard InChI is InChI=1S/C26H37N3O/c30-25(28-26-14-19-9-20(15-26)11-21(10-19)16-26)27-22-12-23-7-4-8-24(13-22)29(23)17-18-5-2-1-3-6-18/h1-3,5-6,19-24H,4,7-17H2,(H2,27,28,30)/p+1/t19?,20?,21?,22?,23-,24+,26?. The van der Waals surface area contributed by atoms with E-state index >= 15 is 0 Å². The summed E-state index contributed by atoms with van der Waals surface area (Å²) in [6.45, 7) is 1.14. The SMILES string of the molecule is O=C(NC1C[C@H]2CCC[C@@H](C1)[NH+]2Cc1ccccc1)NC12CC3CC(CC(C3)C1)C2. The van der Waals surface area contributed by atoms with E-state index in [0.29, 0.717) is 18.1 Å². The second kappa shape index (κ2) is 7.55. The summed E-state index contributed by atoms with van der Waals surface area (Å²) < 4.78 is 0. The van der Waals surface area contributed by atoms with Crippen LogP contribution in [0.4, 0.5) is 4.79 Å². The fourth-order valence-corrected chi connectivity index (χ4v) is 8.60. The number of quaternary nitrogens is 1. The van der Waals surface area contributed by atoms with Crippen LogP contribution < -0.4 is 15.5 Å². The number of urea groups is 1. The van der Waals surface area contributed by atoms with Crippen LogP contribution in [0.15, 0.2) is 30.3 Å². The third kappa shape index (κ3) is 3.66. The molecule has 4 aliphatic carbocycles. The minimum absolute atomic E-state index is 0.119. The molecule has 4 heteroatoms. The maximum Gasteiger partial charge on any atom is 0.315 e. The lowest BCUT2D eigenvalue weighted by molar-refractivity contribution is -0.973. The Morgan fingerprint density at radius 2 is 1.50 bits per heavy atom. The number of nitrogens with one attached hydrogen (secondary N) is 3. The third-order valence-electron chi connectivity index (χ3n) is 9.30. The van der Waals surface area contributed by atoms with Gasteiger partial charge in [0, 0.05) is 30.0 Å². The number of hydrogen-bond donors (Lipinski definition) is 3. The average Bonchev–Trinajstić information content (AvgIpc) is 2.68. The molecule has 30 heavy (non-hydrogen) atoms. The topological polar surface area (TPSA) is 45.6 Å². The highest BCUT2D eigenvalue weighted by molar-refractivity contribution is 5.75. The summed E-state index contributed by atoms with van der Waals surface area (Å²) in [5.41, 5.74) is 1.57. The molecule has 4 saturated carbocycles. The number of piperidine rings is 2. The van der Waals surface area contributed by atoms with Crippen molar-refractivity contribution in [1.82, 2.24) is 10.6 Å². The number of amides is 2. The number of carbonyl (C=O) groups excluding carboxylic acids is 1. The Labute approximate surface area is 181 Å². The fourth-order valence-electron chi connectivity index (χ4n) is 8.60. The van der Waals surface area contributed by atoms with E-state index in [1.54, 1.807) is 4.90 Å². The van der Waals surface area contributed by atoms with Gasteiger partial charge in [0.15, 0.2) is 0 Å². The normalized spacial score (nSPS) is 43.9. The van der Waals surface area contributed by atoms with Gasteiger partial charge in [-0.05, 0) is 75.5 Å². The second-order valence-corrected chi connectivity index (χ2v) is 11.5. The van der Waals surface area contributed by atoms with Crippen molar-refractivity contribution in [3.8, 4) is 0 Å². The van der Waals surface area contributed by atoms with Crippen LogP contribution in [0.25, 0.3) is 0 Å². The Morgan fingerprint density at radius 1 is 0.900 bits per heavy atom. The lowest BCUT2D eigenvalue weighted by Crippen LogP contribution is -3.20. The Bertz CT molecular complexity index is 728. The van der Waals surface area contributed by atoms with Crippen molar-refractivity contribution >= 4 is 6.03 Å². The van der Waals surface area contributed by atoms with Gasteiger partial charge >= 0.3 is 6.03 Å². The van der Waals surface area contributed by atoms with E-state index in [-0.39, 0.29) is 11.6 Å². The van der Waals surface area contributed by atoms with Gasteiger partial charge in [-0.15, -0.1) is 0 Å². The van der Waals surface area contributed by atoms with Gasteiger partial charge in [0.05, 0.1) is 12.1 Å². The number of rotatable bonds is 4. The Balaban J connectivity index is 1.08. The molecule has 1 aromatic rings. The van der Waals surface area contributed by atoms with Crippen molar-refractivity contribution in [2.75, 3.05) is 0 Å². The predicted octanol–water partition coefficient (Wildman–Crippen LogP) is 3.42. The molecule has 6 fully saturated rings. The molecule has 0 aromatic heterocycles. The minimum Gasteiger partial charge on any atom is -0.335 e. The highest BCUT2D eigenvalue weighted by Crippen LogP contribution is 2.55. The van der Waals surface area contributed by atoms with Crippen molar-refractivity contribution < 1.29 is 9.69 Å². The number of hydrogen-bond acceptors (Lipinski definition) is 1. The van der Waals surface area contributed by atoms with E-state index in [1.807, 2.05) is 0 Å². The first-order chi connectivity index (χ1) is 14.6. The van der Waals surface area contributed by atoms with Gasteiger partial charge in [-0.2, -0.15) is 0 Å². The Hall–Kier alpha value is -1.55.